The first kappa shape index (κ1) is 11.2. The summed E-state index contributed by atoms with van der Waals surface area (Å²) in [5, 5.41) is 11.9. The van der Waals surface area contributed by atoms with Crippen LogP contribution in [0.25, 0.3) is 0 Å². The summed E-state index contributed by atoms with van der Waals surface area (Å²) in [4.78, 5) is 0. The van der Waals surface area contributed by atoms with Crippen molar-refractivity contribution in [3.63, 3.8) is 0 Å². The van der Waals surface area contributed by atoms with E-state index in [4.69, 9.17) is 0 Å². The van der Waals surface area contributed by atoms with E-state index in [1.807, 2.05) is 5.38 Å². The van der Waals surface area contributed by atoms with Crippen LogP contribution in [0.1, 0.15) is 26.3 Å². The third-order valence-electron chi connectivity index (χ3n) is 2.11. The summed E-state index contributed by atoms with van der Waals surface area (Å²) in [7, 11) is 0. The number of thiophene rings is 1. The zero-order valence-electron chi connectivity index (χ0n) is 8.17. The van der Waals surface area contributed by atoms with Crippen molar-refractivity contribution in [3.05, 3.63) is 20.8 Å². The Labute approximate surface area is 91.9 Å². The van der Waals surface area contributed by atoms with Gasteiger partial charge in [0, 0.05) is 6.42 Å². The quantitative estimate of drug-likeness (QED) is 0.866. The smallest absolute Gasteiger partial charge is 0.0731 e. The molecule has 0 radical (unpaired) electrons. The summed E-state index contributed by atoms with van der Waals surface area (Å²) < 4.78 is 1.14. The average Bonchev–Trinajstić information content (AvgIpc) is 2.34. The molecule has 0 bridgehead atoms. The highest BCUT2D eigenvalue weighted by molar-refractivity contribution is 9.11. The van der Waals surface area contributed by atoms with E-state index in [0.29, 0.717) is 0 Å². The second kappa shape index (κ2) is 4.11. The lowest BCUT2D eigenvalue weighted by Crippen LogP contribution is -2.27. The largest absolute Gasteiger partial charge is 0.392 e. The molecule has 1 N–H and O–H groups in total. The van der Waals surface area contributed by atoms with Crippen molar-refractivity contribution in [3.8, 4) is 0 Å². The molecule has 0 aliphatic carbocycles. The summed E-state index contributed by atoms with van der Waals surface area (Å²) in [6, 6.07) is 2.06. The van der Waals surface area contributed by atoms with Crippen molar-refractivity contribution in [2.24, 2.45) is 5.41 Å². The van der Waals surface area contributed by atoms with Crippen LogP contribution in [0.3, 0.4) is 0 Å². The predicted molar refractivity (Wildman–Crippen MR) is 61.2 cm³/mol. The lowest BCUT2D eigenvalue weighted by atomic mass is 9.86. The molecule has 0 aromatic carbocycles. The Morgan fingerprint density at radius 1 is 1.54 bits per heavy atom. The van der Waals surface area contributed by atoms with Gasteiger partial charge in [-0.1, -0.05) is 20.8 Å². The monoisotopic (exact) mass is 262 g/mol. The molecule has 1 aromatic rings. The maximum absolute atomic E-state index is 9.87. The number of hydrogen-bond donors (Lipinski definition) is 1. The highest BCUT2D eigenvalue weighted by atomic mass is 79.9. The minimum atomic E-state index is -0.279. The highest BCUT2D eigenvalue weighted by Gasteiger charge is 2.23. The summed E-state index contributed by atoms with van der Waals surface area (Å²) in [5.41, 5.74) is 1.16. The van der Waals surface area contributed by atoms with Gasteiger partial charge in [-0.3, -0.25) is 0 Å². The van der Waals surface area contributed by atoms with Crippen LogP contribution in [0.2, 0.25) is 0 Å². The normalized spacial score (nSPS) is 14.5. The van der Waals surface area contributed by atoms with Crippen LogP contribution < -0.4 is 0 Å². The second-order valence-electron chi connectivity index (χ2n) is 4.31. The van der Waals surface area contributed by atoms with Gasteiger partial charge in [-0.2, -0.15) is 0 Å². The van der Waals surface area contributed by atoms with E-state index in [1.54, 1.807) is 11.3 Å². The molecule has 0 saturated carbocycles. The van der Waals surface area contributed by atoms with Crippen molar-refractivity contribution in [1.29, 1.82) is 0 Å². The van der Waals surface area contributed by atoms with Crippen LogP contribution in [-0.2, 0) is 6.42 Å². The zero-order chi connectivity index (χ0) is 10.1. The number of hydrogen-bond acceptors (Lipinski definition) is 2. The van der Waals surface area contributed by atoms with Crippen molar-refractivity contribution >= 4 is 27.3 Å². The fourth-order valence-electron chi connectivity index (χ4n) is 0.980. The van der Waals surface area contributed by atoms with Crippen LogP contribution in [0.5, 0.6) is 0 Å². The molecule has 74 valence electrons. The molecule has 1 rings (SSSR count). The molecule has 1 nitrogen and oxygen atoms in total. The summed E-state index contributed by atoms with van der Waals surface area (Å²) in [6.07, 6.45) is 0.450. The van der Waals surface area contributed by atoms with Crippen molar-refractivity contribution in [2.75, 3.05) is 0 Å². The van der Waals surface area contributed by atoms with Gasteiger partial charge in [-0.15, -0.1) is 11.3 Å². The van der Waals surface area contributed by atoms with Gasteiger partial charge in [0.15, 0.2) is 0 Å². The second-order valence-corrected chi connectivity index (χ2v) is 6.54. The fraction of sp³-hybridized carbons (Fsp3) is 0.600. The lowest BCUT2D eigenvalue weighted by Gasteiger charge is -2.25. The van der Waals surface area contributed by atoms with Crippen LogP contribution in [0.15, 0.2) is 15.2 Å². The van der Waals surface area contributed by atoms with Gasteiger partial charge in [-0.25, -0.2) is 0 Å². The van der Waals surface area contributed by atoms with Crippen molar-refractivity contribution in [1.82, 2.24) is 0 Å². The molecule has 0 fully saturated rings. The number of aliphatic hydroxyl groups excluding tert-OH is 1. The Balaban J connectivity index is 2.65. The van der Waals surface area contributed by atoms with Gasteiger partial charge >= 0.3 is 0 Å². The van der Waals surface area contributed by atoms with E-state index in [0.717, 1.165) is 10.2 Å². The Morgan fingerprint density at radius 2 is 2.15 bits per heavy atom. The van der Waals surface area contributed by atoms with E-state index in [-0.39, 0.29) is 11.5 Å². The summed E-state index contributed by atoms with van der Waals surface area (Å²) in [6.45, 7) is 6.16. The molecular formula is C10H15BrOS. The fourth-order valence-corrected chi connectivity index (χ4v) is 2.25. The van der Waals surface area contributed by atoms with E-state index < -0.39 is 0 Å². The first-order valence-corrected chi connectivity index (χ1v) is 5.98. The first-order chi connectivity index (χ1) is 5.91. The van der Waals surface area contributed by atoms with Gasteiger partial charge in [0.2, 0.25) is 0 Å². The van der Waals surface area contributed by atoms with E-state index in [2.05, 4.69) is 42.8 Å². The minimum Gasteiger partial charge on any atom is -0.392 e. The predicted octanol–water partition coefficient (Wildman–Crippen LogP) is 3.46. The highest BCUT2D eigenvalue weighted by Crippen LogP contribution is 2.28. The van der Waals surface area contributed by atoms with Gasteiger partial charge < -0.3 is 5.11 Å². The summed E-state index contributed by atoms with van der Waals surface area (Å²) in [5.74, 6) is 0. The molecule has 1 heterocycles. The molecule has 0 aliphatic rings. The first-order valence-electron chi connectivity index (χ1n) is 4.31. The number of rotatable bonds is 2. The van der Waals surface area contributed by atoms with Crippen LogP contribution in [-0.4, -0.2) is 11.2 Å². The van der Waals surface area contributed by atoms with Crippen molar-refractivity contribution < 1.29 is 5.11 Å². The minimum absolute atomic E-state index is 0.0403. The van der Waals surface area contributed by atoms with E-state index in [1.165, 1.54) is 5.56 Å². The third kappa shape index (κ3) is 3.08. The van der Waals surface area contributed by atoms with Gasteiger partial charge in [0.05, 0.1) is 9.89 Å². The SMILES string of the molecule is CC(C)(C)C(O)Cc1ccsc1Br. The number of halogens is 1. The molecule has 1 unspecified atom stereocenters. The van der Waals surface area contributed by atoms with Crippen molar-refractivity contribution in [2.45, 2.75) is 33.3 Å². The Morgan fingerprint density at radius 3 is 2.54 bits per heavy atom. The maximum atomic E-state index is 9.87. The molecule has 1 atom stereocenters. The van der Waals surface area contributed by atoms with Crippen LogP contribution in [0, 0.1) is 5.41 Å². The Kier molecular flexibility index (Phi) is 3.55. The van der Waals surface area contributed by atoms with Gasteiger partial charge in [0.1, 0.15) is 0 Å². The molecule has 0 spiro atoms. The standard InChI is InChI=1S/C10H15BrOS/c1-10(2,3)8(12)6-7-4-5-13-9(7)11/h4-5,8,12H,6H2,1-3H3. The Bertz CT molecular complexity index is 275. The molecule has 1 aromatic heterocycles. The van der Waals surface area contributed by atoms with E-state index >= 15 is 0 Å². The van der Waals surface area contributed by atoms with Gasteiger partial charge in [-0.05, 0) is 38.4 Å². The van der Waals surface area contributed by atoms with Crippen LogP contribution >= 0.6 is 27.3 Å². The van der Waals surface area contributed by atoms with E-state index in [9.17, 15) is 5.11 Å². The molecule has 13 heavy (non-hydrogen) atoms. The maximum Gasteiger partial charge on any atom is 0.0731 e. The molecule has 0 amide bonds. The number of aliphatic hydroxyl groups is 1. The molecule has 0 aliphatic heterocycles. The van der Waals surface area contributed by atoms with Gasteiger partial charge in [0.25, 0.3) is 0 Å². The lowest BCUT2D eigenvalue weighted by molar-refractivity contribution is 0.0636. The molecular weight excluding hydrogens is 248 g/mol. The molecule has 0 saturated heterocycles. The third-order valence-corrected chi connectivity index (χ3v) is 3.92. The van der Waals surface area contributed by atoms with Crippen LogP contribution in [0.4, 0.5) is 0 Å². The zero-order valence-corrected chi connectivity index (χ0v) is 10.6. The topological polar surface area (TPSA) is 20.2 Å². The summed E-state index contributed by atoms with van der Waals surface area (Å²) >= 11 is 5.13. The molecule has 3 heteroatoms. The average molecular weight is 263 g/mol. The Hall–Kier alpha value is 0.140.